The summed E-state index contributed by atoms with van der Waals surface area (Å²) in [6.45, 7) is 3.42. The predicted octanol–water partition coefficient (Wildman–Crippen LogP) is 2.61. The molecular weight excluding hydrogens is 228 g/mol. The van der Waals surface area contributed by atoms with Crippen LogP contribution in [0.2, 0.25) is 0 Å². The molecule has 0 aromatic carbocycles. The number of carboxylic acids is 1. The Labute approximate surface area is 76.3 Å². The highest BCUT2D eigenvalue weighted by molar-refractivity contribution is 9.11. The zero-order valence-corrected chi connectivity index (χ0v) is 7.91. The molecule has 1 heterocycles. The van der Waals surface area contributed by atoms with Crippen LogP contribution in [0.5, 0.6) is 0 Å². The highest BCUT2D eigenvalue weighted by Gasteiger charge is 2.07. The summed E-state index contributed by atoms with van der Waals surface area (Å²) < 4.78 is 0.912. The second-order valence-electron chi connectivity index (χ2n) is 1.92. The Hall–Kier alpha value is -0.610. The van der Waals surface area contributed by atoms with Crippen molar-refractivity contribution in [2.45, 2.75) is 0 Å². The van der Waals surface area contributed by atoms with Crippen molar-refractivity contribution in [3.63, 3.8) is 0 Å². The van der Waals surface area contributed by atoms with Gasteiger partial charge in [-0.25, -0.2) is 4.79 Å². The first-order valence-corrected chi connectivity index (χ1v) is 4.45. The van der Waals surface area contributed by atoms with E-state index in [0.717, 1.165) is 3.79 Å². The minimum absolute atomic E-state index is 0.131. The first-order valence-electron chi connectivity index (χ1n) is 2.78. The van der Waals surface area contributed by atoms with Crippen LogP contribution in [0, 0.1) is 0 Å². The van der Waals surface area contributed by atoms with E-state index >= 15 is 0 Å². The summed E-state index contributed by atoms with van der Waals surface area (Å²) in [7, 11) is 0. The largest absolute Gasteiger partial charge is 0.478 e. The van der Waals surface area contributed by atoms with Gasteiger partial charge >= 0.3 is 5.97 Å². The third-order valence-electron chi connectivity index (χ3n) is 1.17. The summed E-state index contributed by atoms with van der Waals surface area (Å²) in [5, 5.41) is 10.3. The predicted molar refractivity (Wildman–Crippen MR) is 48.7 cm³/mol. The van der Waals surface area contributed by atoms with E-state index in [1.807, 2.05) is 0 Å². The van der Waals surface area contributed by atoms with Gasteiger partial charge in [0.25, 0.3) is 0 Å². The van der Waals surface area contributed by atoms with Crippen molar-refractivity contribution in [1.82, 2.24) is 0 Å². The molecule has 0 spiro atoms. The SMILES string of the molecule is C=C(C(=O)O)c1csc(Br)c1. The molecule has 0 saturated heterocycles. The Balaban J connectivity index is 2.94. The van der Waals surface area contributed by atoms with Crippen LogP contribution in [0.3, 0.4) is 0 Å². The lowest BCUT2D eigenvalue weighted by molar-refractivity contribution is -0.130. The molecular formula is C7H5BrO2S. The minimum atomic E-state index is -0.977. The van der Waals surface area contributed by atoms with Crippen molar-refractivity contribution in [2.75, 3.05) is 0 Å². The average Bonchev–Trinajstić information content (AvgIpc) is 2.34. The lowest BCUT2D eigenvalue weighted by atomic mass is 10.2. The van der Waals surface area contributed by atoms with Gasteiger partial charge in [0.2, 0.25) is 0 Å². The van der Waals surface area contributed by atoms with Crippen molar-refractivity contribution in [3.05, 3.63) is 27.4 Å². The van der Waals surface area contributed by atoms with Gasteiger partial charge in [0.05, 0.1) is 9.36 Å². The Kier molecular flexibility index (Phi) is 2.46. The molecule has 1 N–H and O–H groups in total. The highest BCUT2D eigenvalue weighted by atomic mass is 79.9. The number of carbonyl (C=O) groups is 1. The maximum absolute atomic E-state index is 10.4. The van der Waals surface area contributed by atoms with Gasteiger partial charge in [-0.3, -0.25) is 0 Å². The molecule has 0 radical (unpaired) electrons. The fraction of sp³-hybridized carbons (Fsp3) is 0. The Bertz CT molecular complexity index is 303. The number of halogens is 1. The van der Waals surface area contributed by atoms with Crippen molar-refractivity contribution in [2.24, 2.45) is 0 Å². The monoisotopic (exact) mass is 232 g/mol. The summed E-state index contributed by atoms with van der Waals surface area (Å²) in [6, 6.07) is 1.74. The fourth-order valence-corrected chi connectivity index (χ4v) is 1.76. The summed E-state index contributed by atoms with van der Waals surface area (Å²) in [4.78, 5) is 10.4. The molecule has 58 valence electrons. The average molecular weight is 233 g/mol. The fourth-order valence-electron chi connectivity index (χ4n) is 0.592. The molecule has 0 atom stereocenters. The minimum Gasteiger partial charge on any atom is -0.478 e. The molecule has 11 heavy (non-hydrogen) atoms. The Morgan fingerprint density at radius 2 is 2.36 bits per heavy atom. The molecule has 0 aliphatic rings. The van der Waals surface area contributed by atoms with E-state index in [9.17, 15) is 4.79 Å². The van der Waals surface area contributed by atoms with E-state index in [0.29, 0.717) is 5.56 Å². The van der Waals surface area contributed by atoms with Gasteiger partial charge in [-0.2, -0.15) is 0 Å². The summed E-state index contributed by atoms with van der Waals surface area (Å²) in [5.74, 6) is -0.977. The summed E-state index contributed by atoms with van der Waals surface area (Å²) in [5.41, 5.74) is 0.793. The second kappa shape index (κ2) is 3.19. The van der Waals surface area contributed by atoms with Gasteiger partial charge in [0.15, 0.2) is 0 Å². The topological polar surface area (TPSA) is 37.3 Å². The van der Waals surface area contributed by atoms with Crippen LogP contribution in [0.15, 0.2) is 21.8 Å². The Morgan fingerprint density at radius 1 is 1.73 bits per heavy atom. The van der Waals surface area contributed by atoms with Crippen molar-refractivity contribution >= 4 is 38.8 Å². The van der Waals surface area contributed by atoms with Gasteiger partial charge < -0.3 is 5.11 Å². The van der Waals surface area contributed by atoms with Crippen molar-refractivity contribution < 1.29 is 9.90 Å². The van der Waals surface area contributed by atoms with Crippen LogP contribution in [0.1, 0.15) is 5.56 Å². The highest BCUT2D eigenvalue weighted by Crippen LogP contribution is 2.24. The first kappa shape index (κ1) is 8.49. The molecule has 0 amide bonds. The maximum Gasteiger partial charge on any atom is 0.335 e. The van der Waals surface area contributed by atoms with Gasteiger partial charge in [-0.05, 0) is 27.4 Å². The third kappa shape index (κ3) is 1.91. The lowest BCUT2D eigenvalue weighted by Gasteiger charge is -1.92. The van der Waals surface area contributed by atoms with E-state index < -0.39 is 5.97 Å². The number of rotatable bonds is 2. The summed E-state index contributed by atoms with van der Waals surface area (Å²) in [6.07, 6.45) is 0. The number of carboxylic acid groups (broad SMARTS) is 1. The quantitative estimate of drug-likeness (QED) is 0.797. The Morgan fingerprint density at radius 3 is 2.73 bits per heavy atom. The van der Waals surface area contributed by atoms with Gasteiger partial charge in [0, 0.05) is 5.56 Å². The molecule has 4 heteroatoms. The molecule has 1 aromatic heterocycles. The molecule has 0 unspecified atom stereocenters. The number of aliphatic carboxylic acids is 1. The molecule has 0 aliphatic heterocycles. The molecule has 0 saturated carbocycles. The van der Waals surface area contributed by atoms with E-state index in [-0.39, 0.29) is 5.57 Å². The molecule has 0 fully saturated rings. The van der Waals surface area contributed by atoms with Gasteiger partial charge in [-0.15, -0.1) is 11.3 Å². The smallest absolute Gasteiger partial charge is 0.335 e. The van der Waals surface area contributed by atoms with Gasteiger partial charge in [-0.1, -0.05) is 6.58 Å². The van der Waals surface area contributed by atoms with E-state index in [2.05, 4.69) is 22.5 Å². The van der Waals surface area contributed by atoms with Crippen LogP contribution in [0.25, 0.3) is 5.57 Å². The second-order valence-corrected chi connectivity index (χ2v) is 4.21. The van der Waals surface area contributed by atoms with Crippen LogP contribution in [-0.4, -0.2) is 11.1 Å². The van der Waals surface area contributed by atoms with E-state index in [1.165, 1.54) is 11.3 Å². The third-order valence-corrected chi connectivity index (χ3v) is 2.68. The molecule has 1 aromatic rings. The van der Waals surface area contributed by atoms with Crippen LogP contribution < -0.4 is 0 Å². The van der Waals surface area contributed by atoms with Crippen LogP contribution in [0.4, 0.5) is 0 Å². The van der Waals surface area contributed by atoms with Crippen molar-refractivity contribution in [3.8, 4) is 0 Å². The van der Waals surface area contributed by atoms with Crippen molar-refractivity contribution in [1.29, 1.82) is 0 Å². The zero-order chi connectivity index (χ0) is 8.43. The van der Waals surface area contributed by atoms with Gasteiger partial charge in [0.1, 0.15) is 0 Å². The number of hydrogen-bond donors (Lipinski definition) is 1. The van der Waals surface area contributed by atoms with E-state index in [1.54, 1.807) is 11.4 Å². The number of hydrogen-bond acceptors (Lipinski definition) is 2. The lowest BCUT2D eigenvalue weighted by Crippen LogP contribution is -1.95. The zero-order valence-electron chi connectivity index (χ0n) is 5.50. The van der Waals surface area contributed by atoms with E-state index in [4.69, 9.17) is 5.11 Å². The van der Waals surface area contributed by atoms with Crippen LogP contribution in [-0.2, 0) is 4.79 Å². The molecule has 0 aliphatic carbocycles. The van der Waals surface area contributed by atoms with Crippen LogP contribution >= 0.6 is 27.3 Å². The number of thiophene rings is 1. The molecule has 1 rings (SSSR count). The molecule has 0 bridgehead atoms. The maximum atomic E-state index is 10.4. The molecule has 2 nitrogen and oxygen atoms in total. The standard InChI is InChI=1S/C7H5BrO2S/c1-4(7(9)10)5-2-6(8)11-3-5/h2-3H,1H2,(H,9,10). The first-order chi connectivity index (χ1) is 5.11. The summed E-state index contributed by atoms with van der Waals surface area (Å²) >= 11 is 4.68. The normalized spacial score (nSPS) is 9.55.